The highest BCUT2D eigenvalue weighted by Gasteiger charge is 2.49. The van der Waals surface area contributed by atoms with Crippen molar-refractivity contribution in [3.63, 3.8) is 0 Å². The van der Waals surface area contributed by atoms with E-state index in [0.717, 1.165) is 13.1 Å². The lowest BCUT2D eigenvalue weighted by molar-refractivity contribution is -0.781. The minimum atomic E-state index is 0.381. The summed E-state index contributed by atoms with van der Waals surface area (Å²) in [6, 6.07) is 18.4. The summed E-state index contributed by atoms with van der Waals surface area (Å²) in [5.41, 5.74) is 14.8. The van der Waals surface area contributed by atoms with Gasteiger partial charge < -0.3 is 0 Å². The van der Waals surface area contributed by atoms with Crippen molar-refractivity contribution < 1.29 is 13.7 Å². The second-order valence-electron chi connectivity index (χ2n) is 9.70. The summed E-state index contributed by atoms with van der Waals surface area (Å²) in [4.78, 5) is 0. The van der Waals surface area contributed by atoms with Crippen molar-refractivity contribution >= 4 is 22.8 Å². The highest BCUT2D eigenvalue weighted by Crippen LogP contribution is 2.31. The van der Waals surface area contributed by atoms with E-state index in [2.05, 4.69) is 111 Å². The molecule has 2 aromatic carbocycles. The monoisotopic (exact) mass is 424 g/mol. The Labute approximate surface area is 192 Å². The van der Waals surface area contributed by atoms with Crippen LogP contribution >= 0.6 is 0 Å². The maximum atomic E-state index is 2.60. The molecule has 0 N–H and O–H groups in total. The molecule has 0 saturated heterocycles. The molecule has 0 fully saturated rings. The summed E-state index contributed by atoms with van der Waals surface area (Å²) in [5.74, 6) is 0. The van der Waals surface area contributed by atoms with Gasteiger partial charge in [-0.05, 0) is 40.2 Å². The Morgan fingerprint density at radius 1 is 0.594 bits per heavy atom. The predicted molar refractivity (Wildman–Crippen MR) is 131 cm³/mol. The van der Waals surface area contributed by atoms with Gasteiger partial charge in [-0.3, -0.25) is 0 Å². The van der Waals surface area contributed by atoms with Crippen molar-refractivity contribution in [1.29, 1.82) is 0 Å². The zero-order valence-corrected chi connectivity index (χ0v) is 20.5. The molecule has 5 rings (SSSR count). The molecule has 0 unspecified atom stereocenters. The van der Waals surface area contributed by atoms with Crippen LogP contribution in [0.15, 0.2) is 48.5 Å². The van der Waals surface area contributed by atoms with E-state index >= 15 is 0 Å². The van der Waals surface area contributed by atoms with Gasteiger partial charge in [-0.2, -0.15) is 13.7 Å². The van der Waals surface area contributed by atoms with Crippen LogP contribution in [0.1, 0.15) is 59.1 Å². The standard InChI is InChI=1S/C29H34N3/c1-18-14-26-23(6)30(28-19(2)10-8-11-20(28)3)16-25-17-31(24(7)27(15-18)32(25)26)29-21(4)12-9-13-22(29)5/h8-15,25H,16-17H2,1-7H3/q+3. The average molecular weight is 425 g/mol. The number of aryl methyl sites for hydroxylation is 5. The second kappa shape index (κ2) is 7.51. The normalized spacial score (nSPS) is 16.0. The Morgan fingerprint density at radius 2 is 0.969 bits per heavy atom. The van der Waals surface area contributed by atoms with E-state index in [0.29, 0.717) is 6.04 Å². The van der Waals surface area contributed by atoms with Gasteiger partial charge in [0.2, 0.25) is 24.5 Å². The first-order chi connectivity index (χ1) is 15.3. The van der Waals surface area contributed by atoms with E-state index in [-0.39, 0.29) is 0 Å². The van der Waals surface area contributed by atoms with Crippen LogP contribution in [-0.2, 0) is 0 Å². The SMILES string of the molecule is CC1=[N+](c2c(C)cccc2C)CC2C[N+](c3c(C)cccc3C)=C(C)c3cc(C)cc1[n+]32. The van der Waals surface area contributed by atoms with Crippen LogP contribution in [0.3, 0.4) is 0 Å². The molecule has 0 amide bonds. The van der Waals surface area contributed by atoms with E-state index in [1.165, 1.54) is 62.0 Å². The Morgan fingerprint density at radius 3 is 1.34 bits per heavy atom. The maximum Gasteiger partial charge on any atom is 0.275 e. The van der Waals surface area contributed by atoms with Crippen molar-refractivity contribution in [2.45, 2.75) is 54.5 Å². The summed E-state index contributed by atoms with van der Waals surface area (Å²) in [7, 11) is 0. The van der Waals surface area contributed by atoms with E-state index in [9.17, 15) is 0 Å². The molecule has 0 spiro atoms. The predicted octanol–water partition coefficient (Wildman–Crippen LogP) is 5.39. The van der Waals surface area contributed by atoms with Crippen LogP contribution in [-0.4, -0.2) is 33.7 Å². The molecule has 0 saturated carbocycles. The van der Waals surface area contributed by atoms with Crippen molar-refractivity contribution in [3.8, 4) is 0 Å². The van der Waals surface area contributed by atoms with Gasteiger partial charge in [0.1, 0.15) is 0 Å². The van der Waals surface area contributed by atoms with Crippen molar-refractivity contribution in [1.82, 2.24) is 0 Å². The second-order valence-corrected chi connectivity index (χ2v) is 9.70. The molecule has 162 valence electrons. The minimum Gasteiger partial charge on any atom is -0.183 e. The van der Waals surface area contributed by atoms with Gasteiger partial charge >= 0.3 is 0 Å². The van der Waals surface area contributed by atoms with Gasteiger partial charge in [-0.25, -0.2) is 0 Å². The van der Waals surface area contributed by atoms with Gasteiger partial charge in [0.15, 0.2) is 0 Å². The van der Waals surface area contributed by atoms with Crippen molar-refractivity contribution in [3.05, 3.63) is 87.7 Å². The third-order valence-electron chi connectivity index (χ3n) is 7.37. The summed E-state index contributed by atoms with van der Waals surface area (Å²) < 4.78 is 7.74. The maximum absolute atomic E-state index is 2.60. The lowest BCUT2D eigenvalue weighted by Crippen LogP contribution is -2.61. The van der Waals surface area contributed by atoms with Gasteiger partial charge in [-0.1, -0.05) is 36.4 Å². The van der Waals surface area contributed by atoms with Crippen molar-refractivity contribution in [2.75, 3.05) is 13.1 Å². The molecule has 3 nitrogen and oxygen atoms in total. The zero-order valence-electron chi connectivity index (χ0n) is 20.5. The average Bonchev–Trinajstić information content (AvgIpc) is 2.73. The number of rotatable bonds is 2. The molecule has 1 aromatic heterocycles. The Balaban J connectivity index is 1.77. The quantitative estimate of drug-likeness (QED) is 0.488. The van der Waals surface area contributed by atoms with Gasteiger partial charge in [0.05, 0.1) is 0 Å². The third kappa shape index (κ3) is 3.06. The minimum absolute atomic E-state index is 0.381. The topological polar surface area (TPSA) is 9.90 Å². The highest BCUT2D eigenvalue weighted by molar-refractivity contribution is 5.96. The molecule has 0 aliphatic carbocycles. The number of hydrogen-bond acceptors (Lipinski definition) is 0. The Hall–Kier alpha value is -3.07. The van der Waals surface area contributed by atoms with Crippen LogP contribution in [0.4, 0.5) is 11.4 Å². The van der Waals surface area contributed by atoms with E-state index < -0.39 is 0 Å². The summed E-state index contributed by atoms with van der Waals surface area (Å²) in [5, 5.41) is 0. The molecular formula is C29H34N3+3. The molecule has 3 heteroatoms. The lowest BCUT2D eigenvalue weighted by Gasteiger charge is -2.25. The molecule has 2 aliphatic heterocycles. The van der Waals surface area contributed by atoms with Gasteiger partial charge in [0, 0.05) is 48.2 Å². The first-order valence-corrected chi connectivity index (χ1v) is 11.7. The number of pyridine rings is 1. The molecule has 0 radical (unpaired) electrons. The molecular weight excluding hydrogens is 390 g/mol. The summed E-state index contributed by atoms with van der Waals surface area (Å²) in [6.07, 6.45) is 0. The number of benzene rings is 2. The molecule has 3 aromatic rings. The molecule has 2 aliphatic rings. The summed E-state index contributed by atoms with van der Waals surface area (Å²) >= 11 is 0. The smallest absolute Gasteiger partial charge is 0.183 e. The van der Waals surface area contributed by atoms with Gasteiger partial charge in [0.25, 0.3) is 28.9 Å². The number of para-hydroxylation sites is 2. The van der Waals surface area contributed by atoms with Crippen LogP contribution in [0.25, 0.3) is 0 Å². The number of aromatic nitrogens is 1. The fourth-order valence-electron chi connectivity index (χ4n) is 5.87. The molecule has 32 heavy (non-hydrogen) atoms. The number of hydrogen-bond donors (Lipinski definition) is 0. The first kappa shape index (κ1) is 20.8. The Bertz CT molecular complexity index is 1200. The lowest BCUT2D eigenvalue weighted by atomic mass is 9.98. The third-order valence-corrected chi connectivity index (χ3v) is 7.37. The van der Waals surface area contributed by atoms with Crippen LogP contribution in [0.2, 0.25) is 0 Å². The first-order valence-electron chi connectivity index (χ1n) is 11.7. The van der Waals surface area contributed by atoms with Crippen LogP contribution < -0.4 is 4.57 Å². The van der Waals surface area contributed by atoms with Crippen LogP contribution in [0, 0.1) is 34.6 Å². The van der Waals surface area contributed by atoms with E-state index in [4.69, 9.17) is 0 Å². The van der Waals surface area contributed by atoms with E-state index in [1.54, 1.807) is 0 Å². The molecule has 0 atom stereocenters. The van der Waals surface area contributed by atoms with E-state index in [1.807, 2.05) is 0 Å². The number of nitrogens with zero attached hydrogens (tertiary/aromatic N) is 3. The van der Waals surface area contributed by atoms with Crippen LogP contribution in [0.5, 0.6) is 0 Å². The highest BCUT2D eigenvalue weighted by atomic mass is 15.2. The fourth-order valence-corrected chi connectivity index (χ4v) is 5.87. The van der Waals surface area contributed by atoms with Gasteiger partial charge in [-0.15, -0.1) is 0 Å². The largest absolute Gasteiger partial charge is 0.275 e. The zero-order chi connectivity index (χ0) is 22.7. The molecule has 3 heterocycles. The summed E-state index contributed by atoms with van der Waals surface area (Å²) in [6.45, 7) is 17.7. The Kier molecular flexibility index (Phi) is 4.88. The molecule has 0 bridgehead atoms. The fraction of sp³-hybridized carbons (Fsp3) is 0.345. The van der Waals surface area contributed by atoms with Crippen molar-refractivity contribution in [2.24, 2.45) is 0 Å².